The van der Waals surface area contributed by atoms with E-state index in [4.69, 9.17) is 4.74 Å². The maximum absolute atomic E-state index is 13.0. The van der Waals surface area contributed by atoms with Crippen LogP contribution in [0, 0.1) is 5.82 Å². The second-order valence-corrected chi connectivity index (χ2v) is 7.65. The van der Waals surface area contributed by atoms with Crippen LogP contribution in [0.2, 0.25) is 0 Å². The topological polar surface area (TPSA) is 73.9 Å². The normalized spacial score (nSPS) is 15.8. The lowest BCUT2D eigenvalue weighted by Gasteiger charge is -2.38. The van der Waals surface area contributed by atoms with Crippen molar-refractivity contribution in [3.05, 3.63) is 65.5 Å². The number of piperazine rings is 1. The zero-order valence-electron chi connectivity index (χ0n) is 17.9. The predicted octanol–water partition coefficient (Wildman–Crippen LogP) is 1.56. The Hall–Kier alpha value is -2.97. The summed E-state index contributed by atoms with van der Waals surface area (Å²) in [5, 5.41) is 5.34. The fourth-order valence-corrected chi connectivity index (χ4v) is 3.55. The Balaban J connectivity index is 1.59. The van der Waals surface area contributed by atoms with Crippen LogP contribution in [-0.4, -0.2) is 68.5 Å². The van der Waals surface area contributed by atoms with Crippen molar-refractivity contribution < 1.29 is 18.7 Å². The number of hydrogen-bond donors (Lipinski definition) is 2. The maximum atomic E-state index is 13.0. The first-order valence-electron chi connectivity index (χ1n) is 10.3. The molecule has 2 aromatic carbocycles. The molecule has 1 saturated heterocycles. The lowest BCUT2D eigenvalue weighted by Crippen LogP contribution is -2.49. The van der Waals surface area contributed by atoms with Gasteiger partial charge in [-0.2, -0.15) is 0 Å². The van der Waals surface area contributed by atoms with E-state index in [1.54, 1.807) is 19.2 Å². The lowest BCUT2D eigenvalue weighted by atomic mass is 10.0. The van der Waals surface area contributed by atoms with Gasteiger partial charge >= 0.3 is 11.8 Å². The summed E-state index contributed by atoms with van der Waals surface area (Å²) in [4.78, 5) is 29.1. The van der Waals surface area contributed by atoms with Gasteiger partial charge in [0.15, 0.2) is 0 Å². The number of likely N-dealkylation sites (N-methyl/N-ethyl adjacent to an activating group) is 1. The van der Waals surface area contributed by atoms with E-state index in [1.807, 2.05) is 24.3 Å². The van der Waals surface area contributed by atoms with E-state index in [2.05, 4.69) is 27.5 Å². The van der Waals surface area contributed by atoms with Gasteiger partial charge in [0.2, 0.25) is 0 Å². The molecule has 1 atom stereocenters. The maximum Gasteiger partial charge on any atom is 0.309 e. The molecule has 2 aromatic rings. The summed E-state index contributed by atoms with van der Waals surface area (Å²) in [6.45, 7) is 4.11. The van der Waals surface area contributed by atoms with Crippen LogP contribution in [0.25, 0.3) is 0 Å². The van der Waals surface area contributed by atoms with Crippen LogP contribution in [0.1, 0.15) is 17.2 Å². The first kappa shape index (κ1) is 22.7. The Kier molecular flexibility index (Phi) is 7.97. The van der Waals surface area contributed by atoms with Gasteiger partial charge in [-0.3, -0.25) is 14.5 Å². The van der Waals surface area contributed by atoms with Gasteiger partial charge in [-0.25, -0.2) is 4.39 Å². The van der Waals surface area contributed by atoms with E-state index in [0.29, 0.717) is 6.54 Å². The molecule has 0 unspecified atom stereocenters. The molecular weight excluding hydrogens is 399 g/mol. The van der Waals surface area contributed by atoms with Gasteiger partial charge in [0.25, 0.3) is 0 Å². The summed E-state index contributed by atoms with van der Waals surface area (Å²) < 4.78 is 18.2. The number of ether oxygens (including phenoxy) is 1. The Labute approximate surface area is 182 Å². The van der Waals surface area contributed by atoms with Crippen molar-refractivity contribution in [3.63, 3.8) is 0 Å². The largest absolute Gasteiger partial charge is 0.497 e. The van der Waals surface area contributed by atoms with Gasteiger partial charge in [-0.05, 0) is 42.4 Å². The predicted molar refractivity (Wildman–Crippen MR) is 116 cm³/mol. The molecule has 0 bridgehead atoms. The number of methoxy groups -OCH3 is 1. The summed E-state index contributed by atoms with van der Waals surface area (Å²) in [6.07, 6.45) is 0. The number of amides is 2. The van der Waals surface area contributed by atoms with Gasteiger partial charge in [0.05, 0.1) is 13.2 Å². The third-order valence-electron chi connectivity index (χ3n) is 5.51. The number of nitrogens with zero attached hydrogens (tertiary/aromatic N) is 2. The number of benzene rings is 2. The van der Waals surface area contributed by atoms with E-state index < -0.39 is 11.8 Å². The van der Waals surface area contributed by atoms with Crippen LogP contribution in [0.15, 0.2) is 48.5 Å². The Morgan fingerprint density at radius 2 is 1.58 bits per heavy atom. The van der Waals surface area contributed by atoms with E-state index >= 15 is 0 Å². The van der Waals surface area contributed by atoms with Crippen LogP contribution in [-0.2, 0) is 16.1 Å². The van der Waals surface area contributed by atoms with E-state index in [9.17, 15) is 14.0 Å². The molecule has 31 heavy (non-hydrogen) atoms. The minimum atomic E-state index is -0.712. The molecule has 2 N–H and O–H groups in total. The van der Waals surface area contributed by atoms with Gasteiger partial charge in [0, 0.05) is 39.3 Å². The molecule has 0 radical (unpaired) electrons. The van der Waals surface area contributed by atoms with Crippen LogP contribution in [0.4, 0.5) is 4.39 Å². The molecule has 0 spiro atoms. The number of rotatable bonds is 7. The molecule has 0 aromatic heterocycles. The fraction of sp³-hybridized carbons (Fsp3) is 0.391. The minimum absolute atomic E-state index is 0.0477. The fourth-order valence-electron chi connectivity index (χ4n) is 3.55. The van der Waals surface area contributed by atoms with Crippen molar-refractivity contribution >= 4 is 11.8 Å². The molecule has 166 valence electrons. The molecular formula is C23H29FN4O3. The zero-order valence-corrected chi connectivity index (χ0v) is 17.9. The van der Waals surface area contributed by atoms with Crippen molar-refractivity contribution in [1.82, 2.24) is 20.4 Å². The standard InChI is InChI=1S/C23H29FN4O3/c1-27-11-13-28(14-12-27)21(18-5-9-20(31-2)10-6-18)16-26-23(30)22(29)25-15-17-3-7-19(24)8-4-17/h3-10,21H,11-16H2,1-2H3,(H,25,29)(H,26,30)/t21-/m1/s1. The highest BCUT2D eigenvalue weighted by Gasteiger charge is 2.25. The van der Waals surface area contributed by atoms with E-state index in [-0.39, 0.29) is 18.4 Å². The summed E-state index contributed by atoms with van der Waals surface area (Å²) in [5.41, 5.74) is 1.77. The average Bonchev–Trinajstić information content (AvgIpc) is 2.80. The molecule has 0 saturated carbocycles. The Morgan fingerprint density at radius 3 is 2.19 bits per heavy atom. The number of carbonyl (C=O) groups excluding carboxylic acids is 2. The molecule has 3 rings (SSSR count). The van der Waals surface area contributed by atoms with Crippen molar-refractivity contribution in [1.29, 1.82) is 0 Å². The third kappa shape index (κ3) is 6.50. The van der Waals surface area contributed by atoms with Crippen LogP contribution < -0.4 is 15.4 Å². The molecule has 1 aliphatic rings. The van der Waals surface area contributed by atoms with Crippen LogP contribution >= 0.6 is 0 Å². The first-order valence-corrected chi connectivity index (χ1v) is 10.3. The summed E-state index contributed by atoms with van der Waals surface area (Å²) in [6, 6.07) is 13.5. The van der Waals surface area contributed by atoms with Crippen molar-refractivity contribution in [2.24, 2.45) is 0 Å². The van der Waals surface area contributed by atoms with Gasteiger partial charge in [-0.15, -0.1) is 0 Å². The van der Waals surface area contributed by atoms with Gasteiger partial charge in [-0.1, -0.05) is 24.3 Å². The van der Waals surface area contributed by atoms with Crippen molar-refractivity contribution in [3.8, 4) is 5.75 Å². The van der Waals surface area contributed by atoms with Gasteiger partial charge in [0.1, 0.15) is 11.6 Å². The molecule has 2 amide bonds. The first-order chi connectivity index (χ1) is 15.0. The molecule has 0 aliphatic carbocycles. The number of nitrogens with one attached hydrogen (secondary N) is 2. The lowest BCUT2D eigenvalue weighted by molar-refractivity contribution is -0.139. The Bertz CT molecular complexity index is 865. The molecule has 1 heterocycles. The van der Waals surface area contributed by atoms with Crippen LogP contribution in [0.3, 0.4) is 0 Å². The smallest absolute Gasteiger partial charge is 0.309 e. The number of halogens is 1. The average molecular weight is 429 g/mol. The molecule has 7 nitrogen and oxygen atoms in total. The quantitative estimate of drug-likeness (QED) is 0.655. The number of hydrogen-bond acceptors (Lipinski definition) is 5. The molecule has 1 fully saturated rings. The molecule has 8 heteroatoms. The highest BCUT2D eigenvalue weighted by Crippen LogP contribution is 2.24. The third-order valence-corrected chi connectivity index (χ3v) is 5.51. The minimum Gasteiger partial charge on any atom is -0.497 e. The van der Waals surface area contributed by atoms with E-state index in [1.165, 1.54) is 12.1 Å². The Morgan fingerprint density at radius 1 is 0.968 bits per heavy atom. The van der Waals surface area contributed by atoms with Gasteiger partial charge < -0.3 is 20.3 Å². The molecule has 1 aliphatic heterocycles. The highest BCUT2D eigenvalue weighted by atomic mass is 19.1. The number of carbonyl (C=O) groups is 2. The summed E-state index contributed by atoms with van der Waals surface area (Å²) in [5.74, 6) is -0.975. The monoisotopic (exact) mass is 428 g/mol. The summed E-state index contributed by atoms with van der Waals surface area (Å²) in [7, 11) is 3.71. The van der Waals surface area contributed by atoms with E-state index in [0.717, 1.165) is 43.1 Å². The second kappa shape index (κ2) is 10.9. The zero-order chi connectivity index (χ0) is 22.2. The highest BCUT2D eigenvalue weighted by molar-refractivity contribution is 6.35. The van der Waals surface area contributed by atoms with Crippen molar-refractivity contribution in [2.75, 3.05) is 46.9 Å². The second-order valence-electron chi connectivity index (χ2n) is 7.65. The SMILES string of the molecule is COc1ccc([C@@H](CNC(=O)C(=O)NCc2ccc(F)cc2)N2CCN(C)CC2)cc1. The van der Waals surface area contributed by atoms with Crippen molar-refractivity contribution in [2.45, 2.75) is 12.6 Å². The summed E-state index contributed by atoms with van der Waals surface area (Å²) >= 11 is 0. The van der Waals surface area contributed by atoms with Crippen LogP contribution in [0.5, 0.6) is 5.75 Å².